The first-order valence-electron chi connectivity index (χ1n) is 8.40. The van der Waals surface area contributed by atoms with Crippen molar-refractivity contribution in [3.63, 3.8) is 0 Å². The molecule has 1 atom stereocenters. The van der Waals surface area contributed by atoms with Crippen molar-refractivity contribution in [2.45, 2.75) is 17.4 Å². The summed E-state index contributed by atoms with van der Waals surface area (Å²) in [6, 6.07) is 5.87. The van der Waals surface area contributed by atoms with Crippen LogP contribution in [0.5, 0.6) is 11.8 Å². The molecule has 2 aromatic rings. The van der Waals surface area contributed by atoms with Crippen molar-refractivity contribution in [2.24, 2.45) is 0 Å². The fourth-order valence-electron chi connectivity index (χ4n) is 2.70. The molecular weight excluding hydrogens is 388 g/mol. The first kappa shape index (κ1) is 19.8. The second-order valence-corrected chi connectivity index (χ2v) is 7.87. The molecule has 150 valence electrons. The number of nitrogens with one attached hydrogen (secondary N) is 1. The van der Waals surface area contributed by atoms with Crippen LogP contribution in [-0.2, 0) is 14.8 Å². The third kappa shape index (κ3) is 4.49. The van der Waals surface area contributed by atoms with Crippen molar-refractivity contribution >= 4 is 21.8 Å². The van der Waals surface area contributed by atoms with Gasteiger partial charge in [-0.2, -0.15) is 9.29 Å². The number of methoxy groups -OCH3 is 2. The van der Waals surface area contributed by atoms with E-state index in [0.717, 1.165) is 0 Å². The molecule has 10 nitrogen and oxygen atoms in total. The Morgan fingerprint density at radius 2 is 1.89 bits per heavy atom. The molecule has 1 aliphatic rings. The standard InChI is InChI=1S/C17H20N4O6S/c1-25-15-9-18-10-16(20-15)27-13-7-8-21(11-13)28(23,24)14-5-3-12(4-6-14)19-17(22)26-2/h3-6,9-10,13H,7-8,11H2,1-2H3,(H,19,22). The van der Waals surface area contributed by atoms with Crippen molar-refractivity contribution in [1.29, 1.82) is 0 Å². The largest absolute Gasteiger partial charge is 0.480 e. The normalized spacial score (nSPS) is 17.1. The topological polar surface area (TPSA) is 120 Å². The summed E-state index contributed by atoms with van der Waals surface area (Å²) >= 11 is 0. The van der Waals surface area contributed by atoms with Crippen LogP contribution in [0.3, 0.4) is 0 Å². The van der Waals surface area contributed by atoms with Gasteiger partial charge in [0.25, 0.3) is 0 Å². The molecule has 0 radical (unpaired) electrons. The number of benzene rings is 1. The molecule has 1 aromatic carbocycles. The van der Waals surface area contributed by atoms with E-state index in [4.69, 9.17) is 9.47 Å². The van der Waals surface area contributed by atoms with Gasteiger partial charge in [0.1, 0.15) is 6.10 Å². The second-order valence-electron chi connectivity index (χ2n) is 5.93. The SMILES string of the molecule is COC(=O)Nc1ccc(S(=O)(=O)N2CCC(Oc3cncc(OC)n3)C2)cc1. The van der Waals surface area contributed by atoms with Gasteiger partial charge in [0.05, 0.1) is 38.1 Å². The lowest BCUT2D eigenvalue weighted by atomic mass is 10.3. The number of rotatable bonds is 6. The molecule has 1 N–H and O–H groups in total. The molecule has 1 saturated heterocycles. The average Bonchev–Trinajstić information content (AvgIpc) is 3.17. The molecule has 1 amide bonds. The van der Waals surface area contributed by atoms with Crippen molar-refractivity contribution in [3.05, 3.63) is 36.7 Å². The summed E-state index contributed by atoms with van der Waals surface area (Å²) < 4.78 is 42.3. The number of aromatic nitrogens is 2. The first-order chi connectivity index (χ1) is 13.4. The van der Waals surface area contributed by atoms with Gasteiger partial charge in [-0.15, -0.1) is 0 Å². The van der Waals surface area contributed by atoms with E-state index in [1.54, 1.807) is 0 Å². The van der Waals surface area contributed by atoms with Crippen LogP contribution in [0.15, 0.2) is 41.6 Å². The van der Waals surface area contributed by atoms with Crippen LogP contribution in [0.1, 0.15) is 6.42 Å². The highest BCUT2D eigenvalue weighted by atomic mass is 32.2. The quantitative estimate of drug-likeness (QED) is 0.764. The minimum absolute atomic E-state index is 0.129. The molecule has 1 fully saturated rings. The summed E-state index contributed by atoms with van der Waals surface area (Å²) in [5, 5.41) is 2.47. The van der Waals surface area contributed by atoms with E-state index in [-0.39, 0.29) is 23.4 Å². The van der Waals surface area contributed by atoms with Crippen molar-refractivity contribution < 1.29 is 27.4 Å². The zero-order valence-corrected chi connectivity index (χ0v) is 16.2. The molecule has 0 aliphatic carbocycles. The number of carbonyl (C=O) groups excluding carboxylic acids is 1. The highest BCUT2D eigenvalue weighted by molar-refractivity contribution is 7.89. The van der Waals surface area contributed by atoms with E-state index in [1.165, 1.54) is 55.2 Å². The van der Waals surface area contributed by atoms with E-state index < -0.39 is 16.1 Å². The number of sulfonamides is 1. The van der Waals surface area contributed by atoms with E-state index in [9.17, 15) is 13.2 Å². The molecule has 1 aromatic heterocycles. The Bertz CT molecular complexity index is 935. The third-order valence-corrected chi connectivity index (χ3v) is 6.00. The highest BCUT2D eigenvalue weighted by Crippen LogP contribution is 2.25. The maximum absolute atomic E-state index is 12.8. The second kappa shape index (κ2) is 8.40. The summed E-state index contributed by atoms with van der Waals surface area (Å²) in [6.45, 7) is 0.524. The smallest absolute Gasteiger partial charge is 0.411 e. The predicted molar refractivity (Wildman–Crippen MR) is 98.8 cm³/mol. The van der Waals surface area contributed by atoms with Crippen LogP contribution in [0, 0.1) is 0 Å². The number of hydrogen-bond donors (Lipinski definition) is 1. The summed E-state index contributed by atoms with van der Waals surface area (Å²) in [7, 11) is -0.956. The minimum atomic E-state index is -3.68. The predicted octanol–water partition coefficient (Wildman–Crippen LogP) is 1.51. The number of anilines is 1. The van der Waals surface area contributed by atoms with Crippen LogP contribution >= 0.6 is 0 Å². The maximum Gasteiger partial charge on any atom is 0.411 e. The lowest BCUT2D eigenvalue weighted by molar-refractivity contribution is 0.187. The minimum Gasteiger partial charge on any atom is -0.480 e. The van der Waals surface area contributed by atoms with E-state index >= 15 is 0 Å². The number of hydrogen-bond acceptors (Lipinski definition) is 8. The summed E-state index contributed by atoms with van der Waals surface area (Å²) in [5.41, 5.74) is 0.435. The molecule has 0 spiro atoms. The van der Waals surface area contributed by atoms with Crippen LogP contribution in [-0.4, -0.2) is 62.2 Å². The van der Waals surface area contributed by atoms with Gasteiger partial charge in [0.2, 0.25) is 21.8 Å². The highest BCUT2D eigenvalue weighted by Gasteiger charge is 2.34. The van der Waals surface area contributed by atoms with Crippen LogP contribution < -0.4 is 14.8 Å². The number of nitrogens with zero attached hydrogens (tertiary/aromatic N) is 3. The van der Waals surface area contributed by atoms with Gasteiger partial charge in [-0.05, 0) is 30.7 Å². The number of carbonyl (C=O) groups is 1. The van der Waals surface area contributed by atoms with E-state index in [0.29, 0.717) is 24.5 Å². The first-order valence-corrected chi connectivity index (χ1v) is 9.84. The molecular formula is C17H20N4O6S. The zero-order valence-electron chi connectivity index (χ0n) is 15.4. The van der Waals surface area contributed by atoms with Gasteiger partial charge < -0.3 is 14.2 Å². The van der Waals surface area contributed by atoms with Crippen LogP contribution in [0.25, 0.3) is 0 Å². The van der Waals surface area contributed by atoms with Crippen molar-refractivity contribution in [1.82, 2.24) is 14.3 Å². The van der Waals surface area contributed by atoms with E-state index in [1.807, 2.05) is 0 Å². The summed E-state index contributed by atoms with van der Waals surface area (Å²) in [6.07, 6.45) is 2.47. The van der Waals surface area contributed by atoms with Crippen LogP contribution in [0.4, 0.5) is 10.5 Å². The van der Waals surface area contributed by atoms with E-state index in [2.05, 4.69) is 20.0 Å². The number of ether oxygens (including phenoxy) is 3. The Labute approximate surface area is 162 Å². The van der Waals surface area contributed by atoms with Gasteiger partial charge in [-0.25, -0.2) is 13.2 Å². The van der Waals surface area contributed by atoms with Gasteiger partial charge in [-0.1, -0.05) is 0 Å². The Balaban J connectivity index is 1.65. The molecule has 11 heteroatoms. The molecule has 0 saturated carbocycles. The fraction of sp³-hybridized carbons (Fsp3) is 0.353. The molecule has 3 rings (SSSR count). The molecule has 1 unspecified atom stereocenters. The van der Waals surface area contributed by atoms with Crippen molar-refractivity contribution in [3.8, 4) is 11.8 Å². The lowest BCUT2D eigenvalue weighted by Gasteiger charge is -2.17. The Morgan fingerprint density at radius 1 is 1.18 bits per heavy atom. The zero-order chi connectivity index (χ0) is 20.1. The average molecular weight is 408 g/mol. The monoisotopic (exact) mass is 408 g/mol. The molecule has 28 heavy (non-hydrogen) atoms. The van der Waals surface area contributed by atoms with Gasteiger partial charge >= 0.3 is 6.09 Å². The number of amides is 1. The van der Waals surface area contributed by atoms with Gasteiger partial charge in [-0.3, -0.25) is 10.3 Å². The summed E-state index contributed by atoms with van der Waals surface area (Å²) in [4.78, 5) is 19.4. The summed E-state index contributed by atoms with van der Waals surface area (Å²) in [5.74, 6) is 0.600. The lowest BCUT2D eigenvalue weighted by Crippen LogP contribution is -2.31. The van der Waals surface area contributed by atoms with Gasteiger partial charge in [0.15, 0.2) is 0 Å². The van der Waals surface area contributed by atoms with Crippen molar-refractivity contribution in [2.75, 3.05) is 32.6 Å². The Kier molecular flexibility index (Phi) is 5.95. The Morgan fingerprint density at radius 3 is 2.57 bits per heavy atom. The molecule has 1 aliphatic heterocycles. The van der Waals surface area contributed by atoms with Crippen LogP contribution in [0.2, 0.25) is 0 Å². The fourth-order valence-corrected chi connectivity index (χ4v) is 4.18. The molecule has 2 heterocycles. The maximum atomic E-state index is 12.8. The Hall–Kier alpha value is -2.92. The molecule has 0 bridgehead atoms. The van der Waals surface area contributed by atoms with Gasteiger partial charge in [0, 0.05) is 12.2 Å². The third-order valence-electron chi connectivity index (χ3n) is 4.12.